The summed E-state index contributed by atoms with van der Waals surface area (Å²) in [6.07, 6.45) is 11.4. The van der Waals surface area contributed by atoms with Gasteiger partial charge >= 0.3 is 5.97 Å². The van der Waals surface area contributed by atoms with Gasteiger partial charge < -0.3 is 4.74 Å². The van der Waals surface area contributed by atoms with Gasteiger partial charge in [-0.25, -0.2) is 0 Å². The highest BCUT2D eigenvalue weighted by atomic mass is 16.5. The van der Waals surface area contributed by atoms with Crippen molar-refractivity contribution in [3.05, 3.63) is 0 Å². The van der Waals surface area contributed by atoms with Crippen LogP contribution in [0.5, 0.6) is 0 Å². The first kappa shape index (κ1) is 15.4. The smallest absolute Gasteiger partial charge is 0.309 e. The molecule has 0 saturated heterocycles. The minimum absolute atomic E-state index is 0.140. The van der Waals surface area contributed by atoms with Crippen LogP contribution in [0.4, 0.5) is 0 Å². The summed E-state index contributed by atoms with van der Waals surface area (Å²) in [5, 5.41) is 0. The van der Waals surface area contributed by atoms with Gasteiger partial charge in [-0.3, -0.25) is 4.79 Å². The van der Waals surface area contributed by atoms with Crippen LogP contribution in [0.25, 0.3) is 0 Å². The Morgan fingerprint density at radius 3 is 2.52 bits per heavy atom. The summed E-state index contributed by atoms with van der Waals surface area (Å²) in [4.78, 5) is 12.6. The molecule has 2 nitrogen and oxygen atoms in total. The predicted octanol–water partition coefficient (Wildman–Crippen LogP) is 4.96. The lowest BCUT2D eigenvalue weighted by molar-refractivity contribution is -0.158. The molecule has 0 aliphatic heterocycles. The number of esters is 1. The molecule has 120 valence electrons. The number of carbonyl (C=O) groups excluding carboxylic acids is 1. The fraction of sp³-hybridized carbons (Fsp3) is 0.947. The van der Waals surface area contributed by atoms with E-state index >= 15 is 0 Å². The van der Waals surface area contributed by atoms with Crippen molar-refractivity contribution in [2.75, 3.05) is 0 Å². The lowest BCUT2D eigenvalue weighted by atomic mass is 9.75. The Bertz CT molecular complexity index is 381. The van der Waals surface area contributed by atoms with E-state index in [1.807, 2.05) is 0 Å². The van der Waals surface area contributed by atoms with E-state index in [9.17, 15) is 4.79 Å². The third-order valence-corrected chi connectivity index (χ3v) is 6.55. The number of rotatable bonds is 3. The summed E-state index contributed by atoms with van der Waals surface area (Å²) >= 11 is 0. The normalized spacial score (nSPS) is 38.5. The summed E-state index contributed by atoms with van der Waals surface area (Å²) in [5.74, 6) is 2.29. The van der Waals surface area contributed by atoms with Gasteiger partial charge in [0.1, 0.15) is 6.10 Å². The van der Waals surface area contributed by atoms with Crippen LogP contribution in [0.3, 0.4) is 0 Å². The van der Waals surface area contributed by atoms with E-state index in [1.165, 1.54) is 44.9 Å². The second kappa shape index (κ2) is 5.93. The highest BCUT2D eigenvalue weighted by molar-refractivity contribution is 5.77. The summed E-state index contributed by atoms with van der Waals surface area (Å²) in [6.45, 7) is 6.86. The van der Waals surface area contributed by atoms with Crippen molar-refractivity contribution in [2.24, 2.45) is 29.1 Å². The van der Waals surface area contributed by atoms with Crippen molar-refractivity contribution in [2.45, 2.75) is 84.7 Å². The monoisotopic (exact) mass is 292 g/mol. The molecule has 1 spiro atoms. The fourth-order valence-electron chi connectivity index (χ4n) is 4.97. The largest absolute Gasteiger partial charge is 0.462 e. The summed E-state index contributed by atoms with van der Waals surface area (Å²) in [6, 6.07) is 0. The van der Waals surface area contributed by atoms with E-state index < -0.39 is 0 Å². The molecule has 3 fully saturated rings. The fourth-order valence-corrected chi connectivity index (χ4v) is 4.97. The van der Waals surface area contributed by atoms with Crippen molar-refractivity contribution in [1.82, 2.24) is 0 Å². The Kier molecular flexibility index (Phi) is 4.34. The van der Waals surface area contributed by atoms with Crippen molar-refractivity contribution in [3.63, 3.8) is 0 Å². The van der Waals surface area contributed by atoms with Crippen LogP contribution in [0, 0.1) is 29.1 Å². The molecule has 21 heavy (non-hydrogen) atoms. The van der Waals surface area contributed by atoms with E-state index in [1.54, 1.807) is 0 Å². The molecule has 2 heteroatoms. The van der Waals surface area contributed by atoms with E-state index in [0.29, 0.717) is 23.2 Å². The first-order chi connectivity index (χ1) is 10.0. The molecule has 0 bridgehead atoms. The lowest BCUT2D eigenvalue weighted by Crippen LogP contribution is -2.36. The van der Waals surface area contributed by atoms with Gasteiger partial charge in [0, 0.05) is 0 Å². The average molecular weight is 292 g/mol. The quantitative estimate of drug-likeness (QED) is 0.687. The first-order valence-electron chi connectivity index (χ1n) is 9.22. The van der Waals surface area contributed by atoms with E-state index in [2.05, 4.69) is 20.8 Å². The zero-order valence-corrected chi connectivity index (χ0v) is 14.1. The Hall–Kier alpha value is -0.530. The van der Waals surface area contributed by atoms with Crippen molar-refractivity contribution < 1.29 is 9.53 Å². The maximum absolute atomic E-state index is 12.6. The minimum Gasteiger partial charge on any atom is -0.462 e. The van der Waals surface area contributed by atoms with Gasteiger partial charge in [0.25, 0.3) is 0 Å². The Labute approximate surface area is 130 Å². The summed E-state index contributed by atoms with van der Waals surface area (Å²) in [5.41, 5.74) is 0.364. The molecule has 4 atom stereocenters. The Balaban J connectivity index is 1.58. The van der Waals surface area contributed by atoms with Gasteiger partial charge in [-0.15, -0.1) is 0 Å². The van der Waals surface area contributed by atoms with Crippen LogP contribution in [0.2, 0.25) is 0 Å². The van der Waals surface area contributed by atoms with Gasteiger partial charge in [-0.2, -0.15) is 0 Å². The van der Waals surface area contributed by atoms with Crippen molar-refractivity contribution in [3.8, 4) is 0 Å². The molecular weight excluding hydrogens is 260 g/mol. The molecule has 3 aliphatic carbocycles. The Morgan fingerprint density at radius 1 is 1.14 bits per heavy atom. The van der Waals surface area contributed by atoms with Crippen molar-refractivity contribution >= 4 is 5.97 Å². The summed E-state index contributed by atoms with van der Waals surface area (Å²) in [7, 11) is 0. The molecule has 0 aromatic carbocycles. The molecule has 0 unspecified atom stereocenters. The maximum Gasteiger partial charge on any atom is 0.309 e. The van der Waals surface area contributed by atoms with Gasteiger partial charge in [0.15, 0.2) is 0 Å². The van der Waals surface area contributed by atoms with Crippen LogP contribution in [-0.2, 0) is 9.53 Å². The van der Waals surface area contributed by atoms with Crippen LogP contribution < -0.4 is 0 Å². The third-order valence-electron chi connectivity index (χ3n) is 6.55. The molecule has 0 aromatic rings. The minimum atomic E-state index is 0.140. The molecule has 0 radical (unpaired) electrons. The molecule has 0 aromatic heterocycles. The average Bonchev–Trinajstić information content (AvgIpc) is 3.13. The highest BCUT2D eigenvalue weighted by Gasteiger charge is 2.59. The molecule has 0 N–H and O–H groups in total. The molecule has 3 saturated carbocycles. The number of hydrogen-bond acceptors (Lipinski definition) is 2. The van der Waals surface area contributed by atoms with E-state index in [4.69, 9.17) is 4.74 Å². The molecule has 3 aliphatic rings. The molecular formula is C19H32O2. The van der Waals surface area contributed by atoms with Crippen LogP contribution in [0.15, 0.2) is 0 Å². The number of carbonyl (C=O) groups is 1. The Morgan fingerprint density at radius 2 is 1.86 bits per heavy atom. The molecule has 0 heterocycles. The topological polar surface area (TPSA) is 26.3 Å². The lowest BCUT2D eigenvalue weighted by Gasteiger charge is -2.37. The third kappa shape index (κ3) is 3.14. The van der Waals surface area contributed by atoms with Gasteiger partial charge in [-0.05, 0) is 55.3 Å². The molecule has 3 rings (SSSR count). The van der Waals surface area contributed by atoms with Gasteiger partial charge in [-0.1, -0.05) is 46.5 Å². The zero-order chi connectivity index (χ0) is 15.0. The van der Waals surface area contributed by atoms with Crippen LogP contribution in [-0.4, -0.2) is 12.1 Å². The molecule has 0 amide bonds. The summed E-state index contributed by atoms with van der Waals surface area (Å²) < 4.78 is 6.05. The van der Waals surface area contributed by atoms with Crippen LogP contribution >= 0.6 is 0 Å². The zero-order valence-electron chi connectivity index (χ0n) is 14.1. The maximum atomic E-state index is 12.6. The number of ether oxygens (including phenoxy) is 1. The van der Waals surface area contributed by atoms with Crippen molar-refractivity contribution in [1.29, 1.82) is 0 Å². The number of hydrogen-bond donors (Lipinski definition) is 0. The first-order valence-corrected chi connectivity index (χ1v) is 9.22. The second-order valence-electron chi connectivity index (χ2n) is 8.48. The predicted molar refractivity (Wildman–Crippen MR) is 84.8 cm³/mol. The second-order valence-corrected chi connectivity index (χ2v) is 8.48. The van der Waals surface area contributed by atoms with E-state index in [-0.39, 0.29) is 18.0 Å². The van der Waals surface area contributed by atoms with Gasteiger partial charge in [0.2, 0.25) is 0 Å². The SMILES string of the molecule is CC(C)[C@@H]1CC[C@@H](C)C[C@H]1OC(=O)[C@H]1CC12CCCCC2. The van der Waals surface area contributed by atoms with Gasteiger partial charge in [0.05, 0.1) is 5.92 Å². The highest BCUT2D eigenvalue weighted by Crippen LogP contribution is 2.62. The standard InChI is InChI=1S/C19H32O2/c1-13(2)15-8-7-14(3)11-17(15)21-18(20)16-12-19(16)9-5-4-6-10-19/h13-17H,4-12H2,1-3H3/t14-,15+,16-,17-/m1/s1. The van der Waals surface area contributed by atoms with Crippen LogP contribution in [0.1, 0.15) is 78.6 Å². The van der Waals surface area contributed by atoms with E-state index in [0.717, 1.165) is 12.8 Å².